The summed E-state index contributed by atoms with van der Waals surface area (Å²) in [5.41, 5.74) is 0.991. The molecule has 5 nitrogen and oxygen atoms in total. The fourth-order valence-corrected chi connectivity index (χ4v) is 3.04. The molecule has 1 heterocycles. The third-order valence-corrected chi connectivity index (χ3v) is 4.56. The van der Waals surface area contributed by atoms with Crippen LogP contribution in [0.1, 0.15) is 12.0 Å². The Morgan fingerprint density at radius 2 is 1.96 bits per heavy atom. The van der Waals surface area contributed by atoms with Crippen LogP contribution in [0.2, 0.25) is 10.0 Å². The molecule has 1 aliphatic heterocycles. The average molecular weight is 374 g/mol. The smallest absolute Gasteiger partial charge is 0.221 e. The van der Waals surface area contributed by atoms with Crippen molar-refractivity contribution in [3.63, 3.8) is 0 Å². The van der Waals surface area contributed by atoms with E-state index in [-0.39, 0.29) is 5.91 Å². The third kappa shape index (κ3) is 7.36. The summed E-state index contributed by atoms with van der Waals surface area (Å²) in [6.45, 7) is 6.80. The molecule has 2 N–H and O–H groups in total. The van der Waals surface area contributed by atoms with Gasteiger partial charge in [0.25, 0.3) is 0 Å². The van der Waals surface area contributed by atoms with Crippen LogP contribution >= 0.6 is 23.2 Å². The number of hydrogen-bond donors (Lipinski definition) is 2. The van der Waals surface area contributed by atoms with Crippen LogP contribution in [-0.2, 0) is 16.0 Å². The Bertz CT molecular complexity index is 523. The monoisotopic (exact) mass is 373 g/mol. The summed E-state index contributed by atoms with van der Waals surface area (Å²) >= 11 is 12.0. The van der Waals surface area contributed by atoms with Crippen molar-refractivity contribution in [3.05, 3.63) is 33.8 Å². The number of ether oxygens (including phenoxy) is 1. The highest BCUT2D eigenvalue weighted by atomic mass is 35.5. The van der Waals surface area contributed by atoms with Gasteiger partial charge in [0.2, 0.25) is 5.91 Å². The number of morpholine rings is 1. The Hall–Kier alpha value is -0.850. The predicted octanol–water partition coefficient (Wildman–Crippen LogP) is 1.96. The lowest BCUT2D eigenvalue weighted by atomic mass is 10.1. The molecule has 2 rings (SSSR count). The van der Waals surface area contributed by atoms with Crippen LogP contribution in [0.5, 0.6) is 0 Å². The molecule has 0 aromatic heterocycles. The lowest BCUT2D eigenvalue weighted by Crippen LogP contribution is -2.40. The van der Waals surface area contributed by atoms with Gasteiger partial charge >= 0.3 is 0 Å². The summed E-state index contributed by atoms with van der Waals surface area (Å²) in [5, 5.41) is 7.49. The van der Waals surface area contributed by atoms with Gasteiger partial charge in [-0.3, -0.25) is 9.69 Å². The van der Waals surface area contributed by atoms with Crippen LogP contribution in [0.15, 0.2) is 18.2 Å². The van der Waals surface area contributed by atoms with Gasteiger partial charge in [-0.25, -0.2) is 0 Å². The van der Waals surface area contributed by atoms with Crippen LogP contribution in [-0.4, -0.2) is 63.3 Å². The van der Waals surface area contributed by atoms with Crippen molar-refractivity contribution in [2.24, 2.45) is 0 Å². The van der Waals surface area contributed by atoms with Crippen molar-refractivity contribution in [2.45, 2.75) is 12.8 Å². The van der Waals surface area contributed by atoms with Gasteiger partial charge in [0.05, 0.1) is 13.2 Å². The first-order chi connectivity index (χ1) is 11.6. The quantitative estimate of drug-likeness (QED) is 0.649. The largest absolute Gasteiger partial charge is 0.379 e. The molecule has 7 heteroatoms. The highest BCUT2D eigenvalue weighted by molar-refractivity contribution is 6.35. The van der Waals surface area contributed by atoms with Crippen molar-refractivity contribution in [3.8, 4) is 0 Å². The molecule has 0 atom stereocenters. The first kappa shape index (κ1) is 19.5. The minimum atomic E-state index is 0.0546. The molecule has 0 saturated carbocycles. The van der Waals surface area contributed by atoms with E-state index in [2.05, 4.69) is 15.5 Å². The lowest BCUT2D eigenvalue weighted by Gasteiger charge is -2.26. The van der Waals surface area contributed by atoms with E-state index in [0.717, 1.165) is 45.0 Å². The Labute approximate surface area is 153 Å². The second kappa shape index (κ2) is 10.9. The number of carbonyl (C=O) groups excluding carboxylic acids is 1. The zero-order valence-electron chi connectivity index (χ0n) is 13.8. The lowest BCUT2D eigenvalue weighted by molar-refractivity contribution is -0.120. The number of benzene rings is 1. The molecule has 1 fully saturated rings. The van der Waals surface area contributed by atoms with Crippen molar-refractivity contribution in [2.75, 3.05) is 52.5 Å². The van der Waals surface area contributed by atoms with Gasteiger partial charge in [-0.15, -0.1) is 0 Å². The van der Waals surface area contributed by atoms with Crippen LogP contribution < -0.4 is 10.6 Å². The van der Waals surface area contributed by atoms with Crippen molar-refractivity contribution < 1.29 is 9.53 Å². The van der Waals surface area contributed by atoms with Gasteiger partial charge < -0.3 is 15.4 Å². The maximum absolute atomic E-state index is 11.8. The van der Waals surface area contributed by atoms with E-state index in [1.807, 2.05) is 12.1 Å². The zero-order chi connectivity index (χ0) is 17.2. The molecule has 0 unspecified atom stereocenters. The van der Waals surface area contributed by atoms with Crippen LogP contribution in [0.4, 0.5) is 0 Å². The number of carbonyl (C=O) groups is 1. The summed E-state index contributed by atoms with van der Waals surface area (Å²) < 4.78 is 5.31. The van der Waals surface area contributed by atoms with Crippen LogP contribution in [0.25, 0.3) is 0 Å². The van der Waals surface area contributed by atoms with Gasteiger partial charge in [-0.05, 0) is 24.1 Å². The molecule has 1 aromatic carbocycles. The van der Waals surface area contributed by atoms with E-state index in [1.165, 1.54) is 0 Å². The fourth-order valence-electron chi connectivity index (χ4n) is 2.54. The number of hydrogen-bond acceptors (Lipinski definition) is 4. The Kier molecular flexibility index (Phi) is 8.84. The van der Waals surface area contributed by atoms with E-state index in [4.69, 9.17) is 27.9 Å². The van der Waals surface area contributed by atoms with E-state index in [1.54, 1.807) is 6.07 Å². The number of nitrogens with one attached hydrogen (secondary N) is 2. The third-order valence-electron chi connectivity index (χ3n) is 3.97. The fraction of sp³-hybridized carbons (Fsp3) is 0.588. The predicted molar refractivity (Wildman–Crippen MR) is 97.9 cm³/mol. The molecular weight excluding hydrogens is 349 g/mol. The van der Waals surface area contributed by atoms with Gasteiger partial charge in [-0.2, -0.15) is 0 Å². The molecule has 1 saturated heterocycles. The molecule has 0 aliphatic carbocycles. The molecule has 1 aliphatic rings. The Morgan fingerprint density at radius 3 is 2.71 bits per heavy atom. The second-order valence-corrected chi connectivity index (χ2v) is 6.63. The minimum absolute atomic E-state index is 0.0546. The molecule has 0 radical (unpaired) electrons. The van der Waals surface area contributed by atoms with Gasteiger partial charge in [0.15, 0.2) is 0 Å². The molecule has 0 bridgehead atoms. The molecule has 0 spiro atoms. The van der Waals surface area contributed by atoms with Crippen LogP contribution in [0.3, 0.4) is 0 Å². The summed E-state index contributed by atoms with van der Waals surface area (Å²) in [4.78, 5) is 14.2. The summed E-state index contributed by atoms with van der Waals surface area (Å²) in [5.74, 6) is 0.0546. The Balaban J connectivity index is 1.50. The van der Waals surface area contributed by atoms with E-state index < -0.39 is 0 Å². The van der Waals surface area contributed by atoms with E-state index in [0.29, 0.717) is 36.0 Å². The maximum Gasteiger partial charge on any atom is 0.221 e. The number of halogens is 2. The molecular formula is C17H25Cl2N3O2. The minimum Gasteiger partial charge on any atom is -0.379 e. The van der Waals surface area contributed by atoms with Crippen LogP contribution in [0, 0.1) is 0 Å². The molecule has 134 valence electrons. The van der Waals surface area contributed by atoms with E-state index >= 15 is 0 Å². The van der Waals surface area contributed by atoms with E-state index in [9.17, 15) is 4.79 Å². The highest BCUT2D eigenvalue weighted by Gasteiger charge is 2.09. The number of nitrogens with zero attached hydrogens (tertiary/aromatic N) is 1. The summed E-state index contributed by atoms with van der Waals surface area (Å²) in [7, 11) is 0. The first-order valence-electron chi connectivity index (χ1n) is 8.36. The Morgan fingerprint density at radius 1 is 1.17 bits per heavy atom. The molecule has 24 heavy (non-hydrogen) atoms. The topological polar surface area (TPSA) is 53.6 Å². The second-order valence-electron chi connectivity index (χ2n) is 5.79. The zero-order valence-corrected chi connectivity index (χ0v) is 15.3. The maximum atomic E-state index is 11.8. The molecule has 1 aromatic rings. The van der Waals surface area contributed by atoms with Crippen molar-refractivity contribution in [1.82, 2.24) is 15.5 Å². The van der Waals surface area contributed by atoms with Gasteiger partial charge in [0, 0.05) is 55.7 Å². The standard InChI is InChI=1S/C17H25Cl2N3O2/c18-15-2-1-14(16(19)13-15)3-6-21-17(23)4-5-20-7-8-22-9-11-24-12-10-22/h1-2,13,20H,3-12H2,(H,21,23). The summed E-state index contributed by atoms with van der Waals surface area (Å²) in [6, 6.07) is 5.42. The van der Waals surface area contributed by atoms with Crippen molar-refractivity contribution in [1.29, 1.82) is 0 Å². The molecule has 1 amide bonds. The number of rotatable bonds is 9. The van der Waals surface area contributed by atoms with Crippen molar-refractivity contribution >= 4 is 29.1 Å². The van der Waals surface area contributed by atoms with Gasteiger partial charge in [-0.1, -0.05) is 29.3 Å². The summed E-state index contributed by atoms with van der Waals surface area (Å²) in [6.07, 6.45) is 1.18. The van der Waals surface area contributed by atoms with Gasteiger partial charge in [0.1, 0.15) is 0 Å². The first-order valence-corrected chi connectivity index (χ1v) is 9.12. The number of amides is 1. The highest BCUT2D eigenvalue weighted by Crippen LogP contribution is 2.20. The average Bonchev–Trinajstić information content (AvgIpc) is 2.57. The SMILES string of the molecule is O=C(CCNCCN1CCOCC1)NCCc1ccc(Cl)cc1Cl. The normalized spacial score (nSPS) is 15.4.